The molecule has 0 radical (unpaired) electrons. The second kappa shape index (κ2) is 4.67. The maximum atomic E-state index is 11.5. The summed E-state index contributed by atoms with van der Waals surface area (Å²) in [5.74, 6) is -0.520. The highest BCUT2D eigenvalue weighted by Gasteiger charge is 2.18. The SMILES string of the molecule is CCC(C)NC(=O)c1ccc(S(N)(=O)=O)o1. The fourth-order valence-electron chi connectivity index (χ4n) is 0.992. The Hall–Kier alpha value is -1.34. The van der Waals surface area contributed by atoms with Crippen LogP contribution in [0.15, 0.2) is 21.6 Å². The summed E-state index contributed by atoms with van der Waals surface area (Å²) in [6.07, 6.45) is 0.772. The number of nitrogens with two attached hydrogens (primary N) is 1. The molecule has 0 aromatic carbocycles. The van der Waals surface area contributed by atoms with E-state index in [0.717, 1.165) is 12.5 Å². The number of primary sulfonamides is 1. The topological polar surface area (TPSA) is 102 Å². The van der Waals surface area contributed by atoms with Crippen LogP contribution >= 0.6 is 0 Å². The zero-order valence-corrected chi connectivity index (χ0v) is 9.87. The molecule has 0 aliphatic rings. The Morgan fingerprint density at radius 3 is 2.62 bits per heavy atom. The highest BCUT2D eigenvalue weighted by Crippen LogP contribution is 2.12. The van der Waals surface area contributed by atoms with Gasteiger partial charge < -0.3 is 9.73 Å². The third-order valence-corrected chi connectivity index (χ3v) is 2.86. The van der Waals surface area contributed by atoms with E-state index in [1.54, 1.807) is 0 Å². The first-order valence-electron chi connectivity index (χ1n) is 4.78. The average Bonchev–Trinajstić information content (AvgIpc) is 2.65. The first-order chi connectivity index (χ1) is 7.34. The molecule has 16 heavy (non-hydrogen) atoms. The smallest absolute Gasteiger partial charge is 0.287 e. The van der Waals surface area contributed by atoms with Gasteiger partial charge in [0.25, 0.3) is 15.9 Å². The first-order valence-corrected chi connectivity index (χ1v) is 6.32. The van der Waals surface area contributed by atoms with Crippen molar-refractivity contribution in [3.63, 3.8) is 0 Å². The minimum absolute atomic E-state index is 0.00414. The molecule has 1 rings (SSSR count). The van der Waals surface area contributed by atoms with Crippen LogP contribution < -0.4 is 10.5 Å². The summed E-state index contributed by atoms with van der Waals surface area (Å²) >= 11 is 0. The van der Waals surface area contributed by atoms with Gasteiger partial charge in [-0.25, -0.2) is 13.6 Å². The van der Waals surface area contributed by atoms with Crippen molar-refractivity contribution in [1.82, 2.24) is 5.32 Å². The van der Waals surface area contributed by atoms with Gasteiger partial charge in [-0.1, -0.05) is 6.92 Å². The first kappa shape index (κ1) is 12.7. The van der Waals surface area contributed by atoms with Gasteiger partial charge in [0.15, 0.2) is 5.76 Å². The molecule has 1 aromatic heterocycles. The molecule has 6 nitrogen and oxygen atoms in total. The molecule has 7 heteroatoms. The van der Waals surface area contributed by atoms with E-state index < -0.39 is 21.0 Å². The molecule has 1 aromatic rings. The fraction of sp³-hybridized carbons (Fsp3) is 0.444. The average molecular weight is 246 g/mol. The maximum absolute atomic E-state index is 11.5. The quantitative estimate of drug-likeness (QED) is 0.805. The molecule has 0 bridgehead atoms. The van der Waals surface area contributed by atoms with E-state index in [1.807, 2.05) is 13.8 Å². The van der Waals surface area contributed by atoms with Gasteiger partial charge in [-0.2, -0.15) is 0 Å². The third kappa shape index (κ3) is 3.07. The lowest BCUT2D eigenvalue weighted by Gasteiger charge is -2.09. The molecule has 1 amide bonds. The molecule has 0 aliphatic carbocycles. The number of carbonyl (C=O) groups is 1. The van der Waals surface area contributed by atoms with E-state index >= 15 is 0 Å². The van der Waals surface area contributed by atoms with Gasteiger partial charge in [0, 0.05) is 6.04 Å². The Balaban J connectivity index is 2.83. The summed E-state index contributed by atoms with van der Waals surface area (Å²) in [5.41, 5.74) is 0. The summed E-state index contributed by atoms with van der Waals surface area (Å²) in [6.45, 7) is 3.75. The number of carbonyl (C=O) groups excluding carboxylic acids is 1. The van der Waals surface area contributed by atoms with Crippen molar-refractivity contribution in [3.8, 4) is 0 Å². The molecule has 3 N–H and O–H groups in total. The fourth-order valence-corrected chi connectivity index (χ4v) is 1.46. The number of amides is 1. The third-order valence-electron chi connectivity index (χ3n) is 2.08. The van der Waals surface area contributed by atoms with E-state index in [4.69, 9.17) is 9.56 Å². The number of nitrogens with one attached hydrogen (secondary N) is 1. The van der Waals surface area contributed by atoms with Gasteiger partial charge in [-0.3, -0.25) is 4.79 Å². The van der Waals surface area contributed by atoms with Crippen LogP contribution in [0.4, 0.5) is 0 Å². The lowest BCUT2D eigenvalue weighted by Crippen LogP contribution is -2.31. The van der Waals surface area contributed by atoms with Crippen molar-refractivity contribution in [3.05, 3.63) is 17.9 Å². The number of hydrogen-bond acceptors (Lipinski definition) is 4. The molecule has 0 spiro atoms. The van der Waals surface area contributed by atoms with E-state index in [1.165, 1.54) is 6.07 Å². The van der Waals surface area contributed by atoms with Crippen LogP contribution in [0.3, 0.4) is 0 Å². The van der Waals surface area contributed by atoms with Crippen molar-refractivity contribution in [1.29, 1.82) is 0 Å². The Morgan fingerprint density at radius 2 is 2.19 bits per heavy atom. The largest absolute Gasteiger partial charge is 0.438 e. The molecule has 0 saturated carbocycles. The van der Waals surface area contributed by atoms with Gasteiger partial charge in [-0.05, 0) is 25.5 Å². The minimum atomic E-state index is -3.90. The standard InChI is InChI=1S/C9H14N2O4S/c1-3-6(2)11-9(12)7-4-5-8(15-7)16(10,13)14/h4-6H,3H2,1-2H3,(H,11,12)(H2,10,13,14). The lowest BCUT2D eigenvalue weighted by atomic mass is 10.2. The van der Waals surface area contributed by atoms with Gasteiger partial charge in [0.05, 0.1) is 0 Å². The summed E-state index contributed by atoms with van der Waals surface area (Å²) in [7, 11) is -3.90. The Labute approximate surface area is 93.9 Å². The second-order valence-corrected chi connectivity index (χ2v) is 4.94. The molecule has 90 valence electrons. The van der Waals surface area contributed by atoms with Crippen molar-refractivity contribution < 1.29 is 17.6 Å². The Bertz CT molecular complexity index is 477. The van der Waals surface area contributed by atoms with Crippen LogP contribution in [0, 0.1) is 0 Å². The minimum Gasteiger partial charge on any atom is -0.438 e. The zero-order chi connectivity index (χ0) is 12.3. The Kier molecular flexibility index (Phi) is 3.71. The summed E-state index contributed by atoms with van der Waals surface area (Å²) in [4.78, 5) is 11.5. The monoisotopic (exact) mass is 246 g/mol. The van der Waals surface area contributed by atoms with Crippen LogP contribution in [0.1, 0.15) is 30.8 Å². The van der Waals surface area contributed by atoms with Gasteiger partial charge in [0.2, 0.25) is 5.09 Å². The van der Waals surface area contributed by atoms with Gasteiger partial charge in [0.1, 0.15) is 0 Å². The molecule has 1 atom stereocenters. The Morgan fingerprint density at radius 1 is 1.56 bits per heavy atom. The molecule has 1 heterocycles. The van der Waals surface area contributed by atoms with Crippen molar-refractivity contribution >= 4 is 15.9 Å². The molecule has 0 fully saturated rings. The summed E-state index contributed by atoms with van der Waals surface area (Å²) < 4.78 is 26.6. The summed E-state index contributed by atoms with van der Waals surface area (Å²) in [5, 5.41) is 7.07. The number of rotatable bonds is 4. The van der Waals surface area contributed by atoms with Crippen molar-refractivity contribution in [2.24, 2.45) is 5.14 Å². The second-order valence-electron chi connectivity index (χ2n) is 3.45. The van der Waals surface area contributed by atoms with Crippen LogP contribution in [0.25, 0.3) is 0 Å². The van der Waals surface area contributed by atoms with Crippen LogP contribution in [0.5, 0.6) is 0 Å². The number of hydrogen-bond donors (Lipinski definition) is 2. The highest BCUT2D eigenvalue weighted by atomic mass is 32.2. The predicted octanol–water partition coefficient (Wildman–Crippen LogP) is 0.455. The maximum Gasteiger partial charge on any atom is 0.287 e. The van der Waals surface area contributed by atoms with Crippen LogP contribution in [-0.4, -0.2) is 20.4 Å². The predicted molar refractivity (Wildman–Crippen MR) is 57.3 cm³/mol. The van der Waals surface area contributed by atoms with E-state index in [-0.39, 0.29) is 11.8 Å². The van der Waals surface area contributed by atoms with Crippen LogP contribution in [0.2, 0.25) is 0 Å². The molecular formula is C9H14N2O4S. The molecule has 0 aliphatic heterocycles. The lowest BCUT2D eigenvalue weighted by molar-refractivity contribution is 0.0906. The zero-order valence-electron chi connectivity index (χ0n) is 9.06. The van der Waals surface area contributed by atoms with Crippen LogP contribution in [-0.2, 0) is 10.0 Å². The van der Waals surface area contributed by atoms with E-state index in [0.29, 0.717) is 0 Å². The van der Waals surface area contributed by atoms with Crippen molar-refractivity contribution in [2.75, 3.05) is 0 Å². The van der Waals surface area contributed by atoms with E-state index in [2.05, 4.69) is 5.32 Å². The number of furan rings is 1. The molecule has 1 unspecified atom stereocenters. The van der Waals surface area contributed by atoms with E-state index in [9.17, 15) is 13.2 Å². The molecule has 0 saturated heterocycles. The highest BCUT2D eigenvalue weighted by molar-refractivity contribution is 7.89. The number of sulfonamides is 1. The summed E-state index contributed by atoms with van der Waals surface area (Å²) in [6, 6.07) is 2.42. The normalized spacial score (nSPS) is 13.4. The van der Waals surface area contributed by atoms with Gasteiger partial charge in [-0.15, -0.1) is 0 Å². The van der Waals surface area contributed by atoms with Crippen molar-refractivity contribution in [2.45, 2.75) is 31.4 Å². The van der Waals surface area contributed by atoms with Gasteiger partial charge >= 0.3 is 0 Å². The molecular weight excluding hydrogens is 232 g/mol.